The van der Waals surface area contributed by atoms with Crippen molar-refractivity contribution in [1.29, 1.82) is 0 Å². The molecule has 1 aliphatic rings. The maximum absolute atomic E-state index is 13.0. The van der Waals surface area contributed by atoms with Crippen LogP contribution >= 0.6 is 11.3 Å². The first-order chi connectivity index (χ1) is 13.0. The summed E-state index contributed by atoms with van der Waals surface area (Å²) in [4.78, 5) is 34.0. The van der Waals surface area contributed by atoms with Crippen LogP contribution in [0.3, 0.4) is 0 Å². The Kier molecular flexibility index (Phi) is 4.31. The molecule has 0 aliphatic carbocycles. The van der Waals surface area contributed by atoms with Gasteiger partial charge in [-0.05, 0) is 43.7 Å². The van der Waals surface area contributed by atoms with Gasteiger partial charge in [-0.1, -0.05) is 6.07 Å². The SMILES string of the molecule is CC(=O)N1c2ccc(-c3cnc(C)s3)cc2N(C(=O)c2ccco2)CC1C. The second-order valence-electron chi connectivity index (χ2n) is 6.58. The van der Waals surface area contributed by atoms with Gasteiger partial charge in [-0.3, -0.25) is 9.59 Å². The number of thiazole rings is 1. The smallest absolute Gasteiger partial charge is 0.294 e. The van der Waals surface area contributed by atoms with Crippen LogP contribution in [0.25, 0.3) is 10.4 Å². The third-order valence-electron chi connectivity index (χ3n) is 4.64. The molecule has 27 heavy (non-hydrogen) atoms. The summed E-state index contributed by atoms with van der Waals surface area (Å²) in [7, 11) is 0. The van der Waals surface area contributed by atoms with Crippen LogP contribution in [-0.4, -0.2) is 29.4 Å². The van der Waals surface area contributed by atoms with E-state index in [4.69, 9.17) is 4.42 Å². The van der Waals surface area contributed by atoms with Crippen molar-refractivity contribution in [2.45, 2.75) is 26.8 Å². The highest BCUT2D eigenvalue weighted by molar-refractivity contribution is 7.15. The van der Waals surface area contributed by atoms with Crippen LogP contribution in [0.4, 0.5) is 11.4 Å². The van der Waals surface area contributed by atoms with Crippen LogP contribution in [0.5, 0.6) is 0 Å². The number of hydrogen-bond donors (Lipinski definition) is 0. The van der Waals surface area contributed by atoms with Gasteiger partial charge in [0.1, 0.15) is 0 Å². The third-order valence-corrected chi connectivity index (χ3v) is 5.60. The molecule has 0 radical (unpaired) electrons. The summed E-state index contributed by atoms with van der Waals surface area (Å²) in [6.45, 7) is 5.84. The van der Waals surface area contributed by atoms with Crippen LogP contribution in [0.15, 0.2) is 47.2 Å². The van der Waals surface area contributed by atoms with E-state index in [0.717, 1.165) is 21.1 Å². The van der Waals surface area contributed by atoms with E-state index in [1.807, 2.05) is 38.2 Å². The van der Waals surface area contributed by atoms with Gasteiger partial charge in [-0.2, -0.15) is 0 Å². The molecular formula is C20H19N3O3S. The van der Waals surface area contributed by atoms with E-state index in [9.17, 15) is 9.59 Å². The first-order valence-electron chi connectivity index (χ1n) is 8.67. The molecule has 0 fully saturated rings. The average molecular weight is 381 g/mol. The van der Waals surface area contributed by atoms with Crippen molar-refractivity contribution in [2.75, 3.05) is 16.3 Å². The van der Waals surface area contributed by atoms with Gasteiger partial charge < -0.3 is 14.2 Å². The van der Waals surface area contributed by atoms with E-state index in [1.165, 1.54) is 6.26 Å². The number of aryl methyl sites for hydroxylation is 1. The number of aromatic nitrogens is 1. The lowest BCUT2D eigenvalue weighted by Crippen LogP contribution is -2.51. The highest BCUT2D eigenvalue weighted by atomic mass is 32.1. The van der Waals surface area contributed by atoms with Gasteiger partial charge in [0.25, 0.3) is 5.91 Å². The summed E-state index contributed by atoms with van der Waals surface area (Å²) >= 11 is 1.59. The van der Waals surface area contributed by atoms with Crippen molar-refractivity contribution in [3.8, 4) is 10.4 Å². The molecular weight excluding hydrogens is 362 g/mol. The molecule has 0 spiro atoms. The Morgan fingerprint density at radius 2 is 2.07 bits per heavy atom. The molecule has 1 unspecified atom stereocenters. The zero-order chi connectivity index (χ0) is 19.1. The lowest BCUT2D eigenvalue weighted by Gasteiger charge is -2.40. The summed E-state index contributed by atoms with van der Waals surface area (Å²) in [6, 6.07) is 9.03. The third kappa shape index (κ3) is 3.04. The van der Waals surface area contributed by atoms with Crippen LogP contribution in [0.1, 0.15) is 29.4 Å². The van der Waals surface area contributed by atoms with Crippen molar-refractivity contribution in [3.63, 3.8) is 0 Å². The molecule has 7 heteroatoms. The number of anilines is 2. The number of rotatable bonds is 2. The Hall–Kier alpha value is -2.93. The van der Waals surface area contributed by atoms with Crippen molar-refractivity contribution in [3.05, 3.63) is 53.6 Å². The molecule has 2 amide bonds. The fourth-order valence-corrected chi connectivity index (χ4v) is 4.25. The van der Waals surface area contributed by atoms with Crippen LogP contribution in [-0.2, 0) is 4.79 Å². The molecule has 138 valence electrons. The summed E-state index contributed by atoms with van der Waals surface area (Å²) in [5, 5.41) is 0.977. The zero-order valence-corrected chi connectivity index (χ0v) is 16.1. The van der Waals surface area contributed by atoms with E-state index < -0.39 is 0 Å². The second-order valence-corrected chi connectivity index (χ2v) is 7.81. The summed E-state index contributed by atoms with van der Waals surface area (Å²) in [5.74, 6) is 0.0210. The zero-order valence-electron chi connectivity index (χ0n) is 15.3. The van der Waals surface area contributed by atoms with Crippen LogP contribution < -0.4 is 9.80 Å². The Labute approximate surface area is 161 Å². The first-order valence-corrected chi connectivity index (χ1v) is 9.49. The number of carbonyl (C=O) groups excluding carboxylic acids is 2. The monoisotopic (exact) mass is 381 g/mol. The molecule has 6 nitrogen and oxygen atoms in total. The standard InChI is InChI=1S/C20H19N3O3S/c1-12-11-22(20(25)18-5-4-8-26-18)17-9-15(19-10-21-13(2)27-19)6-7-16(17)23(12)14(3)24/h4-10,12H,11H2,1-3H3. The number of benzene rings is 1. The molecule has 1 atom stereocenters. The Morgan fingerprint density at radius 3 is 2.70 bits per heavy atom. The number of furan rings is 1. The number of nitrogens with zero attached hydrogens (tertiary/aromatic N) is 3. The molecule has 2 aromatic heterocycles. The minimum atomic E-state index is -0.214. The van der Waals surface area contributed by atoms with Gasteiger partial charge in [0.05, 0.1) is 33.6 Å². The maximum Gasteiger partial charge on any atom is 0.294 e. The van der Waals surface area contributed by atoms with Crippen molar-refractivity contribution in [1.82, 2.24) is 4.98 Å². The fourth-order valence-electron chi connectivity index (χ4n) is 3.48. The van der Waals surface area contributed by atoms with E-state index in [2.05, 4.69) is 4.98 Å². The van der Waals surface area contributed by atoms with Gasteiger partial charge in [0.2, 0.25) is 5.91 Å². The maximum atomic E-state index is 13.0. The van der Waals surface area contributed by atoms with Gasteiger partial charge in [0, 0.05) is 19.7 Å². The van der Waals surface area contributed by atoms with Gasteiger partial charge in [-0.25, -0.2) is 4.98 Å². The molecule has 0 saturated heterocycles. The van der Waals surface area contributed by atoms with Crippen molar-refractivity contribution >= 4 is 34.5 Å². The lowest BCUT2D eigenvalue weighted by molar-refractivity contribution is -0.117. The van der Waals surface area contributed by atoms with Gasteiger partial charge >= 0.3 is 0 Å². The highest BCUT2D eigenvalue weighted by Gasteiger charge is 2.35. The minimum absolute atomic E-state index is 0.0461. The fraction of sp³-hybridized carbons (Fsp3) is 0.250. The first kappa shape index (κ1) is 17.5. The van der Waals surface area contributed by atoms with Crippen LogP contribution in [0, 0.1) is 6.92 Å². The largest absolute Gasteiger partial charge is 0.459 e. The van der Waals surface area contributed by atoms with E-state index in [0.29, 0.717) is 12.2 Å². The summed E-state index contributed by atoms with van der Waals surface area (Å²) < 4.78 is 5.31. The van der Waals surface area contributed by atoms with Gasteiger partial charge in [0.15, 0.2) is 5.76 Å². The Balaban J connectivity index is 1.85. The predicted octanol–water partition coefficient (Wildman–Crippen LogP) is 4.11. The Morgan fingerprint density at radius 1 is 1.26 bits per heavy atom. The molecule has 4 rings (SSSR count). The molecule has 1 aliphatic heterocycles. The minimum Gasteiger partial charge on any atom is -0.459 e. The number of amides is 2. The molecule has 3 heterocycles. The lowest BCUT2D eigenvalue weighted by atomic mass is 10.0. The number of fused-ring (bicyclic) bond motifs is 1. The summed E-state index contributed by atoms with van der Waals surface area (Å²) in [5.41, 5.74) is 2.40. The quantitative estimate of drug-likeness (QED) is 0.670. The second kappa shape index (κ2) is 6.66. The normalized spacial score (nSPS) is 16.3. The number of carbonyl (C=O) groups is 2. The average Bonchev–Trinajstić information content (AvgIpc) is 3.31. The van der Waals surface area contributed by atoms with Gasteiger partial charge in [-0.15, -0.1) is 11.3 Å². The molecule has 0 bridgehead atoms. The summed E-state index contributed by atoms with van der Waals surface area (Å²) in [6.07, 6.45) is 3.31. The van der Waals surface area contributed by atoms with Crippen molar-refractivity contribution < 1.29 is 14.0 Å². The van der Waals surface area contributed by atoms with E-state index in [1.54, 1.807) is 40.2 Å². The molecule has 0 saturated carbocycles. The van der Waals surface area contributed by atoms with Crippen LogP contribution in [0.2, 0.25) is 0 Å². The highest BCUT2D eigenvalue weighted by Crippen LogP contribution is 2.40. The predicted molar refractivity (Wildman–Crippen MR) is 105 cm³/mol. The molecule has 0 N–H and O–H groups in total. The van der Waals surface area contributed by atoms with Crippen molar-refractivity contribution in [2.24, 2.45) is 0 Å². The topological polar surface area (TPSA) is 66.7 Å². The number of hydrogen-bond acceptors (Lipinski definition) is 5. The Bertz CT molecular complexity index is 1010. The molecule has 3 aromatic rings. The van der Waals surface area contributed by atoms with E-state index in [-0.39, 0.29) is 23.6 Å². The van der Waals surface area contributed by atoms with E-state index >= 15 is 0 Å². The molecule has 1 aromatic carbocycles.